The molecule has 1 aromatic rings. The van der Waals surface area contributed by atoms with Gasteiger partial charge in [0.05, 0.1) is 13.7 Å². The van der Waals surface area contributed by atoms with E-state index < -0.39 is 30.3 Å². The Morgan fingerprint density at radius 1 is 1.19 bits per heavy atom. The van der Waals surface area contributed by atoms with E-state index in [9.17, 15) is 18.4 Å². The summed E-state index contributed by atoms with van der Waals surface area (Å²) in [5, 5.41) is 0. The number of methoxy groups -OCH3 is 1. The summed E-state index contributed by atoms with van der Waals surface area (Å²) < 4.78 is 46.2. The van der Waals surface area contributed by atoms with E-state index in [-0.39, 0.29) is 24.0 Å². The van der Waals surface area contributed by atoms with Gasteiger partial charge in [-0.25, -0.2) is 9.59 Å². The van der Waals surface area contributed by atoms with Gasteiger partial charge in [0.2, 0.25) is 0 Å². The average Bonchev–Trinajstić information content (AvgIpc) is 3.40. The van der Waals surface area contributed by atoms with Gasteiger partial charge in [-0.2, -0.15) is 8.78 Å². The highest BCUT2D eigenvalue weighted by Crippen LogP contribution is 2.39. The number of benzene rings is 1. The third kappa shape index (κ3) is 6.21. The Kier molecular flexibility index (Phi) is 6.91. The zero-order valence-electron chi connectivity index (χ0n) is 18.2. The predicted molar refractivity (Wildman–Crippen MR) is 107 cm³/mol. The van der Waals surface area contributed by atoms with E-state index in [2.05, 4.69) is 4.74 Å². The average molecular weight is 441 g/mol. The first kappa shape index (κ1) is 23.1. The number of amides is 1. The van der Waals surface area contributed by atoms with E-state index in [1.165, 1.54) is 18.1 Å². The van der Waals surface area contributed by atoms with Crippen LogP contribution in [0.1, 0.15) is 51.5 Å². The summed E-state index contributed by atoms with van der Waals surface area (Å²) in [5.74, 6) is -0.126. The van der Waals surface area contributed by atoms with E-state index >= 15 is 0 Å². The Morgan fingerprint density at radius 3 is 2.48 bits per heavy atom. The molecule has 31 heavy (non-hydrogen) atoms. The Balaban J connectivity index is 1.82. The number of halogens is 2. The highest BCUT2D eigenvalue weighted by atomic mass is 19.3. The maximum atomic E-state index is 12.8. The number of ether oxygens (including phenoxy) is 4. The molecule has 0 radical (unpaired) electrons. The number of nitrogens with zero attached hydrogens (tertiary/aromatic N) is 1. The third-order valence-electron chi connectivity index (χ3n) is 5.23. The third-order valence-corrected chi connectivity index (χ3v) is 5.23. The van der Waals surface area contributed by atoms with Crippen molar-refractivity contribution in [3.63, 3.8) is 0 Å². The molecule has 3 rings (SSSR count). The molecular weight excluding hydrogens is 412 g/mol. The van der Waals surface area contributed by atoms with Gasteiger partial charge >= 0.3 is 18.7 Å². The molecule has 172 valence electrons. The highest BCUT2D eigenvalue weighted by Gasteiger charge is 2.42. The predicted octanol–water partition coefficient (Wildman–Crippen LogP) is 4.34. The minimum absolute atomic E-state index is 0.0362. The molecule has 2 atom stereocenters. The summed E-state index contributed by atoms with van der Waals surface area (Å²) in [6.07, 6.45) is 1.83. The summed E-state index contributed by atoms with van der Waals surface area (Å²) in [6.45, 7) is 2.94. The lowest BCUT2D eigenvalue weighted by Crippen LogP contribution is -2.43. The number of carbonyl (C=O) groups is 2. The van der Waals surface area contributed by atoms with Gasteiger partial charge in [-0.3, -0.25) is 4.90 Å². The lowest BCUT2D eigenvalue weighted by molar-refractivity contribution is -0.145. The molecule has 1 saturated carbocycles. The van der Waals surface area contributed by atoms with Crippen LogP contribution in [0.4, 0.5) is 13.6 Å². The van der Waals surface area contributed by atoms with Crippen molar-refractivity contribution >= 4 is 12.1 Å². The first-order valence-corrected chi connectivity index (χ1v) is 10.4. The van der Waals surface area contributed by atoms with Gasteiger partial charge in [-0.1, -0.05) is 6.07 Å². The van der Waals surface area contributed by atoms with Crippen LogP contribution >= 0.6 is 0 Å². The molecule has 0 aromatic heterocycles. The zero-order valence-corrected chi connectivity index (χ0v) is 18.2. The van der Waals surface area contributed by atoms with E-state index in [0.29, 0.717) is 18.9 Å². The van der Waals surface area contributed by atoms with Crippen LogP contribution in [0.2, 0.25) is 0 Å². The van der Waals surface area contributed by atoms with E-state index in [1.807, 2.05) is 0 Å². The maximum Gasteiger partial charge on any atom is 0.411 e. The van der Waals surface area contributed by atoms with Crippen LogP contribution in [0.15, 0.2) is 18.2 Å². The topological polar surface area (TPSA) is 74.3 Å². The first-order valence-electron chi connectivity index (χ1n) is 10.4. The number of alkyl halides is 2. The normalized spacial score (nSPS) is 21.2. The number of esters is 1. The fraction of sp³-hybridized carbons (Fsp3) is 0.636. The summed E-state index contributed by atoms with van der Waals surface area (Å²) in [5.41, 5.74) is 0.0425. The van der Waals surface area contributed by atoms with Crippen molar-refractivity contribution in [1.29, 1.82) is 0 Å². The molecule has 7 nitrogen and oxygen atoms in total. The minimum atomic E-state index is -2.97. The standard InChI is InChI=1S/C22H29F2NO6/c1-22(2,3)31-21(27)25-11-15(9-16(25)19(26)28-4)14-7-8-17(30-20(23)24)18(10-14)29-12-13-5-6-13/h7-8,10,13,15-16,20H,5-6,9,11-12H2,1-4H3/t15?,16-/m1/s1. The van der Waals surface area contributed by atoms with Crippen molar-refractivity contribution in [3.05, 3.63) is 23.8 Å². The van der Waals surface area contributed by atoms with Gasteiger partial charge in [-0.05, 0) is 63.6 Å². The van der Waals surface area contributed by atoms with Crippen molar-refractivity contribution in [3.8, 4) is 11.5 Å². The van der Waals surface area contributed by atoms with Crippen LogP contribution in [0.3, 0.4) is 0 Å². The lowest BCUT2D eigenvalue weighted by atomic mass is 9.96. The minimum Gasteiger partial charge on any atom is -0.489 e. The quantitative estimate of drug-likeness (QED) is 0.586. The zero-order chi connectivity index (χ0) is 22.8. The molecule has 1 aliphatic heterocycles. The summed E-state index contributed by atoms with van der Waals surface area (Å²) >= 11 is 0. The molecule has 0 N–H and O–H groups in total. The Labute approximate surface area is 180 Å². The molecule has 0 bridgehead atoms. The second-order valence-electron chi connectivity index (χ2n) is 8.94. The highest BCUT2D eigenvalue weighted by molar-refractivity contribution is 5.82. The van der Waals surface area contributed by atoms with Crippen molar-refractivity contribution in [1.82, 2.24) is 4.90 Å². The van der Waals surface area contributed by atoms with Gasteiger partial charge in [0, 0.05) is 12.5 Å². The van der Waals surface area contributed by atoms with Gasteiger partial charge < -0.3 is 18.9 Å². The molecule has 1 saturated heterocycles. The van der Waals surface area contributed by atoms with Gasteiger partial charge in [0.1, 0.15) is 11.6 Å². The van der Waals surface area contributed by atoms with Gasteiger partial charge in [0.25, 0.3) is 0 Å². The molecule has 0 spiro atoms. The molecule has 2 aliphatic rings. The maximum absolute atomic E-state index is 12.8. The fourth-order valence-electron chi connectivity index (χ4n) is 3.54. The number of rotatable bonds is 7. The SMILES string of the molecule is COC(=O)[C@H]1CC(c2ccc(OC(F)F)c(OCC3CC3)c2)CN1C(=O)OC(C)(C)C. The summed E-state index contributed by atoms with van der Waals surface area (Å²) in [4.78, 5) is 26.3. The monoisotopic (exact) mass is 441 g/mol. The molecular formula is C22H29F2NO6. The Morgan fingerprint density at radius 2 is 1.90 bits per heavy atom. The van der Waals surface area contributed by atoms with Crippen LogP contribution in [-0.4, -0.2) is 55.5 Å². The van der Waals surface area contributed by atoms with Crippen molar-refractivity contribution < 1.29 is 37.3 Å². The van der Waals surface area contributed by atoms with Crippen LogP contribution < -0.4 is 9.47 Å². The van der Waals surface area contributed by atoms with Crippen LogP contribution in [-0.2, 0) is 14.3 Å². The Hall–Kier alpha value is -2.58. The van der Waals surface area contributed by atoms with Crippen LogP contribution in [0, 0.1) is 5.92 Å². The van der Waals surface area contributed by atoms with Crippen LogP contribution in [0.5, 0.6) is 11.5 Å². The molecule has 1 amide bonds. The summed E-state index contributed by atoms with van der Waals surface area (Å²) in [7, 11) is 1.27. The number of hydrogen-bond acceptors (Lipinski definition) is 6. The molecule has 9 heteroatoms. The van der Waals surface area contributed by atoms with Crippen molar-refractivity contribution in [2.45, 2.75) is 64.2 Å². The van der Waals surface area contributed by atoms with Gasteiger partial charge in [-0.15, -0.1) is 0 Å². The largest absolute Gasteiger partial charge is 0.489 e. The second kappa shape index (κ2) is 9.28. The summed E-state index contributed by atoms with van der Waals surface area (Å²) in [6, 6.07) is 3.95. The van der Waals surface area contributed by atoms with Crippen molar-refractivity contribution in [2.24, 2.45) is 5.92 Å². The smallest absolute Gasteiger partial charge is 0.411 e. The molecule has 1 aromatic carbocycles. The molecule has 1 unspecified atom stereocenters. The van der Waals surface area contributed by atoms with E-state index in [0.717, 1.165) is 18.4 Å². The lowest BCUT2D eigenvalue weighted by Gasteiger charge is -2.27. The van der Waals surface area contributed by atoms with Crippen LogP contribution in [0.25, 0.3) is 0 Å². The van der Waals surface area contributed by atoms with E-state index in [4.69, 9.17) is 14.2 Å². The molecule has 2 fully saturated rings. The van der Waals surface area contributed by atoms with E-state index in [1.54, 1.807) is 32.9 Å². The fourth-order valence-corrected chi connectivity index (χ4v) is 3.54. The van der Waals surface area contributed by atoms with Crippen molar-refractivity contribution in [2.75, 3.05) is 20.3 Å². The molecule has 1 heterocycles. The number of carbonyl (C=O) groups excluding carboxylic acids is 2. The first-order chi connectivity index (χ1) is 14.6. The Bertz CT molecular complexity index is 806. The van der Waals surface area contributed by atoms with Gasteiger partial charge in [0.15, 0.2) is 11.5 Å². The number of likely N-dealkylation sites (tertiary alicyclic amines) is 1. The number of hydrogen-bond donors (Lipinski definition) is 0. The second-order valence-corrected chi connectivity index (χ2v) is 8.94. The molecule has 1 aliphatic carbocycles.